The maximum absolute atomic E-state index is 11.2. The van der Waals surface area contributed by atoms with Crippen molar-refractivity contribution in [3.05, 3.63) is 29.3 Å². The lowest BCUT2D eigenvalue weighted by molar-refractivity contribution is 0.0602. The van der Waals surface area contributed by atoms with Crippen LogP contribution in [-0.2, 0) is 4.74 Å². The van der Waals surface area contributed by atoms with Gasteiger partial charge in [-0.1, -0.05) is 12.1 Å². The molecule has 0 atom stereocenters. The number of carbonyl (C=O) groups excluding carboxylic acids is 1. The summed E-state index contributed by atoms with van der Waals surface area (Å²) >= 11 is 2.99. The quantitative estimate of drug-likeness (QED) is 0.481. The molecule has 0 unspecified atom stereocenters. The van der Waals surface area contributed by atoms with Crippen molar-refractivity contribution in [2.24, 2.45) is 0 Å². The van der Waals surface area contributed by atoms with E-state index in [2.05, 4.69) is 20.7 Å². The van der Waals surface area contributed by atoms with Crippen LogP contribution >= 0.6 is 15.9 Å². The highest BCUT2D eigenvalue weighted by Gasteiger charge is 2.13. The maximum atomic E-state index is 11.2. The third kappa shape index (κ3) is 1.93. The molecule has 3 N–H and O–H groups in total. The Morgan fingerprint density at radius 2 is 2.07 bits per heavy atom. The van der Waals surface area contributed by atoms with Gasteiger partial charge in [0.05, 0.1) is 18.4 Å². The fourth-order valence-electron chi connectivity index (χ4n) is 1.04. The van der Waals surface area contributed by atoms with E-state index in [1.54, 1.807) is 18.2 Å². The van der Waals surface area contributed by atoms with Crippen LogP contribution in [0.4, 0.5) is 5.69 Å². The van der Waals surface area contributed by atoms with Gasteiger partial charge in [-0.3, -0.25) is 5.41 Å². The number of anilines is 1. The van der Waals surface area contributed by atoms with Gasteiger partial charge in [-0.25, -0.2) is 4.79 Å². The van der Waals surface area contributed by atoms with Crippen LogP contribution in [0.5, 0.6) is 0 Å². The summed E-state index contributed by atoms with van der Waals surface area (Å²) in [6, 6.07) is 4.85. The smallest absolute Gasteiger partial charge is 0.339 e. The van der Waals surface area contributed by atoms with Gasteiger partial charge in [0, 0.05) is 5.56 Å². The standard InChI is InChI=1S/C9H9BrN2O2/c1-14-9(13)6-4-2-3-5(7(6)11)8(10)12/h2-4,12H,11H2,1H3. The zero-order chi connectivity index (χ0) is 10.7. The number of halogens is 1. The average Bonchev–Trinajstić information content (AvgIpc) is 2.16. The van der Waals surface area contributed by atoms with E-state index in [4.69, 9.17) is 11.1 Å². The summed E-state index contributed by atoms with van der Waals surface area (Å²) in [7, 11) is 1.29. The van der Waals surface area contributed by atoms with Crippen molar-refractivity contribution in [2.45, 2.75) is 0 Å². The number of carbonyl (C=O) groups is 1. The number of rotatable bonds is 2. The number of nitrogens with two attached hydrogens (primary N) is 1. The average molecular weight is 257 g/mol. The molecule has 0 amide bonds. The Kier molecular flexibility index (Phi) is 3.24. The predicted molar refractivity (Wildman–Crippen MR) is 57.9 cm³/mol. The monoisotopic (exact) mass is 256 g/mol. The first-order valence-corrected chi connectivity index (χ1v) is 4.58. The Bertz CT molecular complexity index is 390. The maximum Gasteiger partial charge on any atom is 0.339 e. The van der Waals surface area contributed by atoms with E-state index < -0.39 is 5.97 Å². The third-order valence-corrected chi connectivity index (χ3v) is 2.18. The molecule has 1 aromatic rings. The van der Waals surface area contributed by atoms with Crippen LogP contribution in [0, 0.1) is 5.41 Å². The summed E-state index contributed by atoms with van der Waals surface area (Å²) in [5, 5.41) is 7.36. The van der Waals surface area contributed by atoms with Gasteiger partial charge in [0.1, 0.15) is 4.62 Å². The summed E-state index contributed by atoms with van der Waals surface area (Å²) in [5.74, 6) is -0.502. The van der Waals surface area contributed by atoms with Crippen LogP contribution in [0.1, 0.15) is 15.9 Å². The molecule has 74 valence electrons. The molecule has 0 aliphatic heterocycles. The molecule has 0 aromatic heterocycles. The first-order valence-electron chi connectivity index (χ1n) is 3.79. The van der Waals surface area contributed by atoms with Crippen LogP contribution in [-0.4, -0.2) is 17.7 Å². The van der Waals surface area contributed by atoms with Crippen LogP contribution in [0.25, 0.3) is 0 Å². The van der Waals surface area contributed by atoms with Gasteiger partial charge in [0.2, 0.25) is 0 Å². The van der Waals surface area contributed by atoms with Gasteiger partial charge in [0.15, 0.2) is 0 Å². The normalized spacial score (nSPS) is 9.57. The van der Waals surface area contributed by atoms with Crippen molar-refractivity contribution in [1.29, 1.82) is 5.41 Å². The Labute approximate surface area is 89.7 Å². The topological polar surface area (TPSA) is 76.2 Å². The molecule has 0 radical (unpaired) electrons. The first-order chi connectivity index (χ1) is 6.57. The van der Waals surface area contributed by atoms with Crippen molar-refractivity contribution in [3.8, 4) is 0 Å². The second-order valence-corrected chi connectivity index (χ2v) is 3.37. The third-order valence-electron chi connectivity index (χ3n) is 1.75. The molecule has 4 nitrogen and oxygen atoms in total. The number of nitrogen functional groups attached to an aromatic ring is 1. The highest BCUT2D eigenvalue weighted by molar-refractivity contribution is 9.18. The van der Waals surface area contributed by atoms with E-state index in [1.165, 1.54) is 7.11 Å². The zero-order valence-corrected chi connectivity index (χ0v) is 9.09. The molecule has 1 aromatic carbocycles. The summed E-state index contributed by atoms with van der Waals surface area (Å²) in [4.78, 5) is 11.2. The van der Waals surface area contributed by atoms with Crippen molar-refractivity contribution in [1.82, 2.24) is 0 Å². The predicted octanol–water partition coefficient (Wildman–Crippen LogP) is 1.78. The van der Waals surface area contributed by atoms with Crippen molar-refractivity contribution in [2.75, 3.05) is 12.8 Å². The molecule has 0 saturated heterocycles. The fraction of sp³-hybridized carbons (Fsp3) is 0.111. The number of benzene rings is 1. The highest BCUT2D eigenvalue weighted by Crippen LogP contribution is 2.20. The lowest BCUT2D eigenvalue weighted by Crippen LogP contribution is -2.08. The van der Waals surface area contributed by atoms with Crippen LogP contribution < -0.4 is 5.73 Å². The van der Waals surface area contributed by atoms with E-state index in [-0.39, 0.29) is 15.9 Å². The largest absolute Gasteiger partial charge is 0.465 e. The summed E-state index contributed by atoms with van der Waals surface area (Å²) < 4.78 is 4.69. The molecule has 0 saturated carbocycles. The lowest BCUT2D eigenvalue weighted by atomic mass is 10.1. The van der Waals surface area contributed by atoms with Gasteiger partial charge in [-0.05, 0) is 22.0 Å². The molecular weight excluding hydrogens is 248 g/mol. The lowest BCUT2D eigenvalue weighted by Gasteiger charge is -2.07. The molecule has 1 rings (SSSR count). The van der Waals surface area contributed by atoms with Crippen molar-refractivity contribution in [3.63, 3.8) is 0 Å². The van der Waals surface area contributed by atoms with Gasteiger partial charge >= 0.3 is 5.97 Å². The van der Waals surface area contributed by atoms with E-state index in [1.807, 2.05) is 0 Å². The highest BCUT2D eigenvalue weighted by atomic mass is 79.9. The Hall–Kier alpha value is -1.36. The minimum Gasteiger partial charge on any atom is -0.465 e. The number of nitrogens with one attached hydrogen (secondary N) is 1. The number of methoxy groups -OCH3 is 1. The number of hydrogen-bond acceptors (Lipinski definition) is 4. The van der Waals surface area contributed by atoms with E-state index in [0.717, 1.165) is 0 Å². The SMILES string of the molecule is COC(=O)c1cccc(C(=N)Br)c1N. The fourth-order valence-corrected chi connectivity index (χ4v) is 1.39. The molecule has 0 heterocycles. The second kappa shape index (κ2) is 4.23. The Morgan fingerprint density at radius 3 is 2.57 bits per heavy atom. The number of esters is 1. The molecule has 0 fully saturated rings. The molecule has 14 heavy (non-hydrogen) atoms. The summed E-state index contributed by atoms with van der Waals surface area (Å²) in [6.07, 6.45) is 0. The minimum absolute atomic E-state index is 0.140. The van der Waals surface area contributed by atoms with Crippen LogP contribution in [0.3, 0.4) is 0 Å². The van der Waals surface area contributed by atoms with Gasteiger partial charge in [0.25, 0.3) is 0 Å². The number of para-hydroxylation sites is 1. The van der Waals surface area contributed by atoms with Gasteiger partial charge < -0.3 is 10.5 Å². The number of ether oxygens (including phenoxy) is 1. The second-order valence-electron chi connectivity index (χ2n) is 2.57. The summed E-state index contributed by atoms with van der Waals surface area (Å²) in [6.45, 7) is 0. The van der Waals surface area contributed by atoms with Crippen molar-refractivity contribution < 1.29 is 9.53 Å². The minimum atomic E-state index is -0.502. The Balaban J connectivity index is 3.27. The Morgan fingerprint density at radius 1 is 1.50 bits per heavy atom. The zero-order valence-electron chi connectivity index (χ0n) is 7.50. The van der Waals surface area contributed by atoms with E-state index in [9.17, 15) is 4.79 Å². The molecule has 0 aliphatic carbocycles. The molecular formula is C9H9BrN2O2. The number of hydrogen-bond donors (Lipinski definition) is 2. The van der Waals surface area contributed by atoms with Gasteiger partial charge in [-0.15, -0.1) is 0 Å². The van der Waals surface area contributed by atoms with Crippen molar-refractivity contribution >= 4 is 32.2 Å². The summed E-state index contributed by atoms with van der Waals surface area (Å²) in [5.41, 5.74) is 6.69. The molecule has 0 spiro atoms. The first kappa shape index (κ1) is 10.7. The van der Waals surface area contributed by atoms with E-state index >= 15 is 0 Å². The van der Waals surface area contributed by atoms with E-state index in [0.29, 0.717) is 5.56 Å². The van der Waals surface area contributed by atoms with Crippen LogP contribution in [0.15, 0.2) is 18.2 Å². The molecule has 0 bridgehead atoms. The molecule has 0 aliphatic rings. The van der Waals surface area contributed by atoms with Gasteiger partial charge in [-0.2, -0.15) is 0 Å². The van der Waals surface area contributed by atoms with Crippen LogP contribution in [0.2, 0.25) is 0 Å². The molecule has 5 heteroatoms.